The van der Waals surface area contributed by atoms with E-state index in [0.29, 0.717) is 0 Å². The second-order valence-electron chi connectivity index (χ2n) is 4.80. The van der Waals surface area contributed by atoms with Gasteiger partial charge in [0, 0.05) is 12.1 Å². The molecule has 0 spiro atoms. The van der Waals surface area contributed by atoms with Crippen molar-refractivity contribution in [1.29, 1.82) is 0 Å². The first-order valence-electron chi connectivity index (χ1n) is 6.61. The van der Waals surface area contributed by atoms with Crippen molar-refractivity contribution < 1.29 is 32.2 Å². The van der Waals surface area contributed by atoms with Crippen molar-refractivity contribution in [2.75, 3.05) is 4.90 Å². The molecule has 0 aliphatic carbocycles. The fourth-order valence-corrected chi connectivity index (χ4v) is 2.17. The van der Waals surface area contributed by atoms with Gasteiger partial charge in [-0.05, 0) is 12.1 Å². The zero-order valence-corrected chi connectivity index (χ0v) is 12.4. The van der Waals surface area contributed by atoms with Gasteiger partial charge in [-0.15, -0.1) is 0 Å². The summed E-state index contributed by atoms with van der Waals surface area (Å²) in [5.74, 6) is -1.07. The number of amides is 1. The van der Waals surface area contributed by atoms with Crippen molar-refractivity contribution in [2.24, 2.45) is 0 Å². The topological polar surface area (TPSA) is 107 Å². The van der Waals surface area contributed by atoms with Crippen LogP contribution in [0.2, 0.25) is 0 Å². The Hall–Kier alpha value is -3.57. The van der Waals surface area contributed by atoms with Crippen LogP contribution in [0.15, 0.2) is 36.4 Å². The molecule has 0 aromatic heterocycles. The first kappa shape index (κ1) is 18.8. The number of rotatable bonds is 5. The number of alkyl halides is 3. The number of carbonyl (C=O) groups excluding carboxylic acids is 1. The number of anilines is 2. The summed E-state index contributed by atoms with van der Waals surface area (Å²) < 4.78 is 52.6. The number of para-hydroxylation sites is 1. The summed E-state index contributed by atoms with van der Waals surface area (Å²) in [6.45, 7) is 0. The van der Waals surface area contributed by atoms with Gasteiger partial charge in [-0.1, -0.05) is 12.1 Å². The smallest absolute Gasteiger partial charge is 0.278 e. The average molecular weight is 373 g/mol. The van der Waals surface area contributed by atoms with Crippen molar-refractivity contribution >= 4 is 29.2 Å². The van der Waals surface area contributed by atoms with E-state index in [1.807, 2.05) is 0 Å². The molecule has 0 N–H and O–H groups in total. The molecule has 2 aromatic carbocycles. The fraction of sp³-hybridized carbons (Fsp3) is 0.0714. The molecule has 12 heteroatoms. The van der Waals surface area contributed by atoms with Crippen LogP contribution in [0.1, 0.15) is 5.56 Å². The number of benzene rings is 2. The molecule has 0 fully saturated rings. The fourth-order valence-electron chi connectivity index (χ4n) is 2.17. The number of hydrogen-bond donors (Lipinski definition) is 0. The second kappa shape index (κ2) is 6.74. The summed E-state index contributed by atoms with van der Waals surface area (Å²) in [6, 6.07) is 4.38. The number of carbonyl (C=O) groups is 1. The molecule has 0 bridgehead atoms. The van der Waals surface area contributed by atoms with Gasteiger partial charge in [0.05, 0.1) is 21.1 Å². The minimum absolute atomic E-state index is 0.0413. The van der Waals surface area contributed by atoms with E-state index in [9.17, 15) is 42.6 Å². The number of nitro groups is 2. The first-order chi connectivity index (χ1) is 12.1. The van der Waals surface area contributed by atoms with Gasteiger partial charge in [-0.25, -0.2) is 4.39 Å². The van der Waals surface area contributed by atoms with Crippen LogP contribution in [-0.4, -0.2) is 16.3 Å². The van der Waals surface area contributed by atoms with Crippen LogP contribution in [0, 0.1) is 26.0 Å². The van der Waals surface area contributed by atoms with Crippen LogP contribution < -0.4 is 4.90 Å². The van der Waals surface area contributed by atoms with Crippen molar-refractivity contribution in [3.8, 4) is 0 Å². The van der Waals surface area contributed by atoms with Gasteiger partial charge in [-0.3, -0.25) is 29.9 Å². The lowest BCUT2D eigenvalue weighted by atomic mass is 10.1. The lowest BCUT2D eigenvalue weighted by molar-refractivity contribution is -0.392. The normalized spacial score (nSPS) is 11.1. The molecular weight excluding hydrogens is 366 g/mol. The minimum atomic E-state index is -5.11. The number of nitro benzene ring substituents is 2. The monoisotopic (exact) mass is 373 g/mol. The predicted molar refractivity (Wildman–Crippen MR) is 79.4 cm³/mol. The second-order valence-corrected chi connectivity index (χ2v) is 4.80. The zero-order valence-electron chi connectivity index (χ0n) is 12.4. The minimum Gasteiger partial charge on any atom is -0.278 e. The molecule has 2 rings (SSSR count). The highest BCUT2D eigenvalue weighted by molar-refractivity contribution is 5.95. The van der Waals surface area contributed by atoms with Crippen molar-refractivity contribution in [1.82, 2.24) is 0 Å². The van der Waals surface area contributed by atoms with Gasteiger partial charge in [0.2, 0.25) is 12.1 Å². The van der Waals surface area contributed by atoms with Crippen LogP contribution >= 0.6 is 0 Å². The molecule has 0 aliphatic rings. The third-order valence-electron chi connectivity index (χ3n) is 3.25. The standard InChI is InChI=1S/C14H7F4N3O5/c15-9-3-1-2-4-10(9)19(7-22)13-11(20(23)24)5-8(14(16,17)18)6-12(13)21(25)26/h1-7H. The van der Waals surface area contributed by atoms with Gasteiger partial charge < -0.3 is 0 Å². The summed E-state index contributed by atoms with van der Waals surface area (Å²) in [7, 11) is 0. The molecule has 8 nitrogen and oxygen atoms in total. The predicted octanol–water partition coefficient (Wildman–Crippen LogP) is 3.96. The Bertz CT molecular complexity index is 865. The largest absolute Gasteiger partial charge is 0.416 e. The maximum absolute atomic E-state index is 13.9. The van der Waals surface area contributed by atoms with E-state index in [4.69, 9.17) is 0 Å². The van der Waals surface area contributed by atoms with Gasteiger partial charge in [0.15, 0.2) is 0 Å². The molecule has 0 radical (unpaired) electrons. The quantitative estimate of drug-likeness (QED) is 0.341. The summed E-state index contributed by atoms with van der Waals surface area (Å²) in [4.78, 5) is 31.3. The lowest BCUT2D eigenvalue weighted by Gasteiger charge is -2.19. The summed E-state index contributed by atoms with van der Waals surface area (Å²) in [5, 5.41) is 22.4. The average Bonchev–Trinajstić information content (AvgIpc) is 2.55. The third kappa shape index (κ3) is 3.43. The Balaban J connectivity index is 2.89. The van der Waals surface area contributed by atoms with E-state index in [-0.39, 0.29) is 23.4 Å². The number of hydrogen-bond acceptors (Lipinski definition) is 5. The Morgan fingerprint density at radius 1 is 1.00 bits per heavy atom. The van der Waals surface area contributed by atoms with Gasteiger partial charge in [-0.2, -0.15) is 13.2 Å². The van der Waals surface area contributed by atoms with Crippen molar-refractivity contribution in [3.63, 3.8) is 0 Å². The van der Waals surface area contributed by atoms with E-state index in [1.165, 1.54) is 12.1 Å². The van der Waals surface area contributed by atoms with Crippen LogP contribution in [0.5, 0.6) is 0 Å². The van der Waals surface area contributed by atoms with Crippen LogP contribution in [0.3, 0.4) is 0 Å². The van der Waals surface area contributed by atoms with Crippen molar-refractivity contribution in [2.45, 2.75) is 6.18 Å². The van der Waals surface area contributed by atoms with E-state index in [2.05, 4.69) is 0 Å². The van der Waals surface area contributed by atoms with Gasteiger partial charge in [0.1, 0.15) is 5.82 Å². The number of nitrogens with zero attached hydrogens (tertiary/aromatic N) is 3. The third-order valence-corrected chi connectivity index (χ3v) is 3.25. The summed E-state index contributed by atoms with van der Waals surface area (Å²) in [5.41, 5.74) is -6.09. The Morgan fingerprint density at radius 3 is 1.88 bits per heavy atom. The lowest BCUT2D eigenvalue weighted by Crippen LogP contribution is -2.19. The van der Waals surface area contributed by atoms with Gasteiger partial charge in [0.25, 0.3) is 0 Å². The molecule has 0 saturated heterocycles. The first-order valence-corrected chi connectivity index (χ1v) is 6.61. The van der Waals surface area contributed by atoms with E-state index >= 15 is 0 Å². The summed E-state index contributed by atoms with van der Waals surface area (Å²) in [6.07, 6.45) is -5.28. The maximum atomic E-state index is 13.9. The SMILES string of the molecule is O=CN(c1ccccc1F)c1c([N+](=O)[O-])cc(C(F)(F)F)cc1[N+](=O)[O-]. The van der Waals surface area contributed by atoms with E-state index in [1.54, 1.807) is 0 Å². The van der Waals surface area contributed by atoms with Crippen LogP contribution in [0.4, 0.5) is 40.3 Å². The highest BCUT2D eigenvalue weighted by Gasteiger charge is 2.39. The summed E-state index contributed by atoms with van der Waals surface area (Å²) >= 11 is 0. The molecule has 136 valence electrons. The van der Waals surface area contributed by atoms with Crippen molar-refractivity contribution in [3.05, 3.63) is 68.0 Å². The Kier molecular flexibility index (Phi) is 4.86. The molecule has 0 saturated carbocycles. The Labute approximate surface area is 141 Å². The van der Waals surface area contributed by atoms with E-state index in [0.717, 1.165) is 12.1 Å². The molecule has 0 heterocycles. The zero-order chi connectivity index (χ0) is 19.6. The van der Waals surface area contributed by atoms with E-state index < -0.39 is 50.2 Å². The highest BCUT2D eigenvalue weighted by Crippen LogP contribution is 2.45. The molecule has 0 aliphatic heterocycles. The van der Waals surface area contributed by atoms with Crippen LogP contribution in [0.25, 0.3) is 0 Å². The molecule has 1 amide bonds. The van der Waals surface area contributed by atoms with Gasteiger partial charge >= 0.3 is 17.6 Å². The molecular formula is C14H7F4N3O5. The number of halogens is 4. The molecule has 0 unspecified atom stereocenters. The molecule has 0 atom stereocenters. The Morgan fingerprint density at radius 2 is 1.50 bits per heavy atom. The van der Waals surface area contributed by atoms with Crippen LogP contribution in [-0.2, 0) is 11.0 Å². The highest BCUT2D eigenvalue weighted by atomic mass is 19.4. The molecule has 2 aromatic rings. The maximum Gasteiger partial charge on any atom is 0.416 e. The molecule has 26 heavy (non-hydrogen) atoms.